The smallest absolute Gasteiger partial charge is 0.325 e. The fourth-order valence-corrected chi connectivity index (χ4v) is 2.41. The molecule has 1 fully saturated rings. The third-order valence-corrected chi connectivity index (χ3v) is 3.94. The second-order valence-electron chi connectivity index (χ2n) is 5.43. The third-order valence-electron chi connectivity index (χ3n) is 3.94. The molecule has 21 heavy (non-hydrogen) atoms. The van der Waals surface area contributed by atoms with Crippen molar-refractivity contribution in [1.82, 2.24) is 10.2 Å². The number of hydrogen-bond acceptors (Lipinski definition) is 5. The van der Waals surface area contributed by atoms with Crippen molar-refractivity contribution in [3.05, 3.63) is 0 Å². The van der Waals surface area contributed by atoms with Gasteiger partial charge in [-0.15, -0.1) is 0 Å². The van der Waals surface area contributed by atoms with E-state index in [9.17, 15) is 9.59 Å². The quantitative estimate of drug-likeness (QED) is 0.672. The molecule has 0 saturated carbocycles. The number of rotatable bonds is 8. The van der Waals surface area contributed by atoms with Crippen molar-refractivity contribution >= 4 is 11.9 Å². The molecule has 1 aliphatic rings. The molecule has 0 radical (unpaired) electrons. The number of nitrogens with one attached hydrogen (secondary N) is 1. The Morgan fingerprint density at radius 2 is 2.10 bits per heavy atom. The molecule has 1 rings (SSSR count). The minimum atomic E-state index is -0.378. The van der Waals surface area contributed by atoms with Crippen molar-refractivity contribution in [2.75, 3.05) is 39.9 Å². The Labute approximate surface area is 127 Å². The van der Waals surface area contributed by atoms with Gasteiger partial charge in [-0.25, -0.2) is 0 Å². The average molecular weight is 300 g/mol. The number of ether oxygens (including phenoxy) is 2. The monoisotopic (exact) mass is 300 g/mol. The van der Waals surface area contributed by atoms with E-state index < -0.39 is 0 Å². The Morgan fingerprint density at radius 3 is 2.62 bits per heavy atom. The highest BCUT2D eigenvalue weighted by Gasteiger charge is 2.24. The molecular weight excluding hydrogens is 272 g/mol. The zero-order chi connectivity index (χ0) is 15.7. The van der Waals surface area contributed by atoms with Gasteiger partial charge in [0, 0.05) is 19.6 Å². The molecule has 0 aliphatic carbocycles. The van der Waals surface area contributed by atoms with Crippen molar-refractivity contribution in [1.29, 1.82) is 0 Å². The molecule has 1 unspecified atom stereocenters. The summed E-state index contributed by atoms with van der Waals surface area (Å²) in [4.78, 5) is 25.6. The van der Waals surface area contributed by atoms with Crippen LogP contribution in [0.3, 0.4) is 0 Å². The number of carbonyl (C=O) groups excluding carboxylic acids is 2. The summed E-state index contributed by atoms with van der Waals surface area (Å²) in [6, 6.07) is 0. The molecular formula is C15H28N2O4. The van der Waals surface area contributed by atoms with Gasteiger partial charge in [-0.1, -0.05) is 26.7 Å². The van der Waals surface area contributed by atoms with Crippen molar-refractivity contribution in [3.8, 4) is 0 Å². The molecule has 0 spiro atoms. The van der Waals surface area contributed by atoms with Crippen LogP contribution in [0.2, 0.25) is 0 Å². The summed E-state index contributed by atoms with van der Waals surface area (Å²) in [7, 11) is 1.34. The summed E-state index contributed by atoms with van der Waals surface area (Å²) in [5.41, 5.74) is 0. The zero-order valence-electron chi connectivity index (χ0n) is 13.4. The molecule has 1 saturated heterocycles. The molecule has 1 amide bonds. The van der Waals surface area contributed by atoms with Gasteiger partial charge < -0.3 is 19.7 Å². The number of nitrogens with zero attached hydrogens (tertiary/aromatic N) is 1. The van der Waals surface area contributed by atoms with Crippen molar-refractivity contribution < 1.29 is 19.1 Å². The first-order valence-corrected chi connectivity index (χ1v) is 7.77. The molecule has 122 valence electrons. The first-order chi connectivity index (χ1) is 10.1. The highest BCUT2D eigenvalue weighted by molar-refractivity contribution is 5.82. The van der Waals surface area contributed by atoms with Gasteiger partial charge in [0.1, 0.15) is 6.54 Å². The largest absolute Gasteiger partial charge is 0.468 e. The highest BCUT2D eigenvalue weighted by Crippen LogP contribution is 2.13. The van der Waals surface area contributed by atoms with Crippen LogP contribution in [-0.4, -0.2) is 62.8 Å². The van der Waals surface area contributed by atoms with Gasteiger partial charge in [0.15, 0.2) is 0 Å². The van der Waals surface area contributed by atoms with E-state index in [1.807, 2.05) is 0 Å². The number of hydrogen-bond donors (Lipinski definition) is 1. The van der Waals surface area contributed by atoms with Crippen molar-refractivity contribution in [3.63, 3.8) is 0 Å². The average Bonchev–Trinajstić information content (AvgIpc) is 2.51. The zero-order valence-corrected chi connectivity index (χ0v) is 13.4. The van der Waals surface area contributed by atoms with E-state index in [4.69, 9.17) is 9.47 Å². The molecule has 0 aromatic heterocycles. The van der Waals surface area contributed by atoms with Crippen LogP contribution < -0.4 is 5.32 Å². The lowest BCUT2D eigenvalue weighted by molar-refractivity contribution is -0.148. The SMILES string of the molecule is CCC(CC)CN(CC(=O)OC)C(=O)CC1CNCCO1. The lowest BCUT2D eigenvalue weighted by Gasteiger charge is -2.29. The molecule has 1 atom stereocenters. The predicted octanol–water partition coefficient (Wildman–Crippen LogP) is 0.803. The van der Waals surface area contributed by atoms with Gasteiger partial charge in [-0.05, 0) is 5.92 Å². The summed E-state index contributed by atoms with van der Waals surface area (Å²) in [6.07, 6.45) is 2.18. The Bertz CT molecular complexity index is 326. The van der Waals surface area contributed by atoms with E-state index in [0.717, 1.165) is 19.4 Å². The number of carbonyl (C=O) groups is 2. The van der Waals surface area contributed by atoms with Crippen molar-refractivity contribution in [2.24, 2.45) is 5.92 Å². The number of morpholine rings is 1. The van der Waals surface area contributed by atoms with E-state index in [2.05, 4.69) is 19.2 Å². The van der Waals surface area contributed by atoms with Gasteiger partial charge in [-0.3, -0.25) is 9.59 Å². The Kier molecular flexibility index (Phi) is 8.30. The van der Waals surface area contributed by atoms with E-state index in [0.29, 0.717) is 32.0 Å². The third kappa shape index (κ3) is 6.44. The predicted molar refractivity (Wildman–Crippen MR) is 79.9 cm³/mol. The van der Waals surface area contributed by atoms with Crippen LogP contribution in [0, 0.1) is 5.92 Å². The van der Waals surface area contributed by atoms with E-state index in [1.165, 1.54) is 7.11 Å². The molecule has 1 aliphatic heterocycles. The first-order valence-electron chi connectivity index (χ1n) is 7.77. The van der Waals surface area contributed by atoms with E-state index in [-0.39, 0.29) is 24.5 Å². The summed E-state index contributed by atoms with van der Waals surface area (Å²) >= 11 is 0. The van der Waals surface area contributed by atoms with Crippen LogP contribution in [0.4, 0.5) is 0 Å². The van der Waals surface area contributed by atoms with E-state index >= 15 is 0 Å². The Morgan fingerprint density at radius 1 is 1.38 bits per heavy atom. The maximum Gasteiger partial charge on any atom is 0.325 e. The molecule has 1 heterocycles. The topological polar surface area (TPSA) is 67.9 Å². The molecule has 0 bridgehead atoms. The maximum atomic E-state index is 12.4. The van der Waals surface area contributed by atoms with E-state index in [1.54, 1.807) is 4.90 Å². The van der Waals surface area contributed by atoms with Crippen LogP contribution in [0.1, 0.15) is 33.1 Å². The van der Waals surface area contributed by atoms with Gasteiger partial charge in [0.2, 0.25) is 5.91 Å². The van der Waals surface area contributed by atoms with Gasteiger partial charge in [-0.2, -0.15) is 0 Å². The summed E-state index contributed by atoms with van der Waals surface area (Å²) in [6.45, 7) is 6.95. The van der Waals surface area contributed by atoms with Crippen LogP contribution in [-0.2, 0) is 19.1 Å². The first kappa shape index (κ1) is 17.9. The van der Waals surface area contributed by atoms with Gasteiger partial charge in [0.05, 0.1) is 26.2 Å². The van der Waals surface area contributed by atoms with Crippen LogP contribution >= 0.6 is 0 Å². The maximum absolute atomic E-state index is 12.4. The number of esters is 1. The second-order valence-corrected chi connectivity index (χ2v) is 5.43. The minimum Gasteiger partial charge on any atom is -0.468 e. The summed E-state index contributed by atoms with van der Waals surface area (Å²) < 4.78 is 10.3. The number of amides is 1. The minimum absolute atomic E-state index is 0.0198. The highest BCUT2D eigenvalue weighted by atomic mass is 16.5. The fraction of sp³-hybridized carbons (Fsp3) is 0.867. The van der Waals surface area contributed by atoms with Gasteiger partial charge >= 0.3 is 5.97 Å². The molecule has 0 aromatic carbocycles. The van der Waals surface area contributed by atoms with Crippen LogP contribution in [0.25, 0.3) is 0 Å². The fourth-order valence-electron chi connectivity index (χ4n) is 2.41. The molecule has 0 aromatic rings. The van der Waals surface area contributed by atoms with Crippen LogP contribution in [0.5, 0.6) is 0 Å². The number of methoxy groups -OCH3 is 1. The molecule has 1 N–H and O–H groups in total. The van der Waals surface area contributed by atoms with Crippen molar-refractivity contribution in [2.45, 2.75) is 39.2 Å². The molecule has 6 nitrogen and oxygen atoms in total. The van der Waals surface area contributed by atoms with Crippen LogP contribution in [0.15, 0.2) is 0 Å². The van der Waals surface area contributed by atoms with Gasteiger partial charge in [0.25, 0.3) is 0 Å². The normalized spacial score (nSPS) is 18.6. The molecule has 6 heteroatoms. The standard InChI is InChI=1S/C15H28N2O4/c1-4-12(5-2)10-17(11-15(19)20-3)14(18)8-13-9-16-6-7-21-13/h12-13,16H,4-11H2,1-3H3. The Balaban J connectivity index is 2.59. The summed E-state index contributed by atoms with van der Waals surface area (Å²) in [5, 5.41) is 3.21. The second kappa shape index (κ2) is 9.73. The Hall–Kier alpha value is -1.14. The lowest BCUT2D eigenvalue weighted by Crippen LogP contribution is -2.45. The summed E-state index contributed by atoms with van der Waals surface area (Å²) in [5.74, 6) is -0.0120. The lowest BCUT2D eigenvalue weighted by atomic mass is 10.0.